The largest absolute Gasteiger partial charge is 0.383 e. The Hall–Kier alpha value is -3.19. The number of aryl methyl sites for hydroxylation is 1. The van der Waals surface area contributed by atoms with Crippen molar-refractivity contribution in [2.45, 2.75) is 6.92 Å². The maximum atomic E-state index is 13.1. The van der Waals surface area contributed by atoms with Crippen molar-refractivity contribution in [1.29, 1.82) is 0 Å². The number of amides is 2. The monoisotopic (exact) mass is 369 g/mol. The Morgan fingerprint density at radius 2 is 1.85 bits per heavy atom. The summed E-state index contributed by atoms with van der Waals surface area (Å²) in [7, 11) is 1.55. The smallest absolute Gasteiger partial charge is 0.269 e. The molecule has 0 aliphatic carbocycles. The van der Waals surface area contributed by atoms with Crippen LogP contribution in [0.25, 0.3) is 10.9 Å². The van der Waals surface area contributed by atoms with Crippen LogP contribution in [-0.2, 0) is 4.74 Å². The van der Waals surface area contributed by atoms with Crippen molar-refractivity contribution in [2.24, 2.45) is 0 Å². The van der Waals surface area contributed by atoms with E-state index in [2.05, 4.69) is 15.6 Å². The number of rotatable bonds is 6. The number of aromatic nitrogens is 1. The first-order valence-corrected chi connectivity index (χ1v) is 8.46. The van der Waals surface area contributed by atoms with Gasteiger partial charge in [-0.25, -0.2) is 4.39 Å². The summed E-state index contributed by atoms with van der Waals surface area (Å²) >= 11 is 0. The van der Waals surface area contributed by atoms with Crippen LogP contribution in [0.3, 0.4) is 0 Å². The summed E-state index contributed by atoms with van der Waals surface area (Å²) in [6, 6.07) is 10.9. The number of halogens is 1. The standard InChI is InChI=1S/C20H20FN3O3/c1-12-3-8-16-15(11-12)17(18(23-16)20(26)22-9-10-27-2)24-19(25)13-4-6-14(21)7-5-13/h3-8,11,23H,9-10H2,1-2H3,(H,22,26)(H,24,25). The molecule has 0 atom stereocenters. The molecule has 0 saturated heterocycles. The summed E-state index contributed by atoms with van der Waals surface area (Å²) in [5, 5.41) is 6.25. The summed E-state index contributed by atoms with van der Waals surface area (Å²) in [6.07, 6.45) is 0. The van der Waals surface area contributed by atoms with E-state index in [9.17, 15) is 14.0 Å². The lowest BCUT2D eigenvalue weighted by atomic mass is 10.1. The van der Waals surface area contributed by atoms with E-state index in [0.29, 0.717) is 24.4 Å². The van der Waals surface area contributed by atoms with E-state index in [4.69, 9.17) is 4.74 Å². The van der Waals surface area contributed by atoms with Gasteiger partial charge in [-0.1, -0.05) is 11.6 Å². The van der Waals surface area contributed by atoms with Crippen molar-refractivity contribution in [3.05, 3.63) is 65.1 Å². The normalized spacial score (nSPS) is 10.8. The first kappa shape index (κ1) is 18.6. The maximum absolute atomic E-state index is 13.1. The van der Waals surface area contributed by atoms with Gasteiger partial charge in [-0.3, -0.25) is 9.59 Å². The molecule has 3 N–H and O–H groups in total. The van der Waals surface area contributed by atoms with E-state index in [1.165, 1.54) is 24.3 Å². The van der Waals surface area contributed by atoms with Gasteiger partial charge in [0.25, 0.3) is 11.8 Å². The summed E-state index contributed by atoms with van der Waals surface area (Å²) in [4.78, 5) is 28.2. The van der Waals surface area contributed by atoms with Crippen LogP contribution in [0.4, 0.5) is 10.1 Å². The Morgan fingerprint density at radius 3 is 2.56 bits per heavy atom. The molecule has 6 nitrogen and oxygen atoms in total. The van der Waals surface area contributed by atoms with E-state index in [1.807, 2.05) is 25.1 Å². The zero-order valence-corrected chi connectivity index (χ0v) is 15.1. The van der Waals surface area contributed by atoms with Crippen molar-refractivity contribution in [2.75, 3.05) is 25.6 Å². The fourth-order valence-corrected chi connectivity index (χ4v) is 2.75. The molecule has 0 unspecified atom stereocenters. The number of aromatic amines is 1. The van der Waals surface area contributed by atoms with Crippen LogP contribution in [-0.4, -0.2) is 37.1 Å². The topological polar surface area (TPSA) is 83.2 Å². The summed E-state index contributed by atoms with van der Waals surface area (Å²) in [5.41, 5.74) is 2.65. The van der Waals surface area contributed by atoms with Gasteiger partial charge >= 0.3 is 0 Å². The molecule has 7 heteroatoms. The minimum Gasteiger partial charge on any atom is -0.383 e. The van der Waals surface area contributed by atoms with Gasteiger partial charge in [0, 0.05) is 30.1 Å². The summed E-state index contributed by atoms with van der Waals surface area (Å²) in [5.74, 6) is -1.20. The fraction of sp³-hybridized carbons (Fsp3) is 0.200. The fourth-order valence-electron chi connectivity index (χ4n) is 2.75. The van der Waals surface area contributed by atoms with E-state index in [1.54, 1.807) is 7.11 Å². The lowest BCUT2D eigenvalue weighted by Gasteiger charge is -2.09. The SMILES string of the molecule is COCCNC(=O)c1[nH]c2ccc(C)cc2c1NC(=O)c1ccc(F)cc1. The quantitative estimate of drug-likeness (QED) is 0.583. The number of H-pyrrole nitrogens is 1. The highest BCUT2D eigenvalue weighted by atomic mass is 19.1. The van der Waals surface area contributed by atoms with Gasteiger partial charge in [-0.2, -0.15) is 0 Å². The lowest BCUT2D eigenvalue weighted by Crippen LogP contribution is -2.28. The van der Waals surface area contributed by atoms with Crippen LogP contribution in [0.15, 0.2) is 42.5 Å². The molecule has 27 heavy (non-hydrogen) atoms. The number of nitrogens with one attached hydrogen (secondary N) is 3. The number of carbonyl (C=O) groups is 2. The van der Waals surface area contributed by atoms with Gasteiger partial charge in [-0.15, -0.1) is 0 Å². The zero-order chi connectivity index (χ0) is 19.4. The van der Waals surface area contributed by atoms with E-state index >= 15 is 0 Å². The van der Waals surface area contributed by atoms with Gasteiger partial charge in [0.2, 0.25) is 0 Å². The van der Waals surface area contributed by atoms with Crippen LogP contribution in [0.2, 0.25) is 0 Å². The van der Waals surface area contributed by atoms with Gasteiger partial charge in [0.15, 0.2) is 0 Å². The number of anilines is 1. The molecule has 2 amide bonds. The predicted molar refractivity (Wildman–Crippen MR) is 102 cm³/mol. The summed E-state index contributed by atoms with van der Waals surface area (Å²) < 4.78 is 18.0. The highest BCUT2D eigenvalue weighted by Gasteiger charge is 2.20. The second-order valence-electron chi connectivity index (χ2n) is 6.13. The van der Waals surface area contributed by atoms with Crippen molar-refractivity contribution in [3.63, 3.8) is 0 Å². The Morgan fingerprint density at radius 1 is 1.11 bits per heavy atom. The van der Waals surface area contributed by atoms with E-state index < -0.39 is 11.7 Å². The average molecular weight is 369 g/mol. The van der Waals surface area contributed by atoms with E-state index in [-0.39, 0.29) is 11.6 Å². The third kappa shape index (κ3) is 4.15. The van der Waals surface area contributed by atoms with Gasteiger partial charge < -0.3 is 20.4 Å². The Bertz CT molecular complexity index is 980. The molecule has 0 saturated carbocycles. The molecule has 1 aromatic heterocycles. The van der Waals surface area contributed by atoms with Gasteiger partial charge in [0.1, 0.15) is 11.5 Å². The van der Waals surface area contributed by atoms with Gasteiger partial charge in [0.05, 0.1) is 12.3 Å². The molecule has 2 aromatic carbocycles. The van der Waals surface area contributed by atoms with Gasteiger partial charge in [-0.05, 0) is 43.3 Å². The molecular formula is C20H20FN3O3. The first-order valence-electron chi connectivity index (χ1n) is 8.46. The second-order valence-corrected chi connectivity index (χ2v) is 6.13. The average Bonchev–Trinajstić information content (AvgIpc) is 3.00. The molecule has 0 fully saturated rings. The second kappa shape index (κ2) is 8.01. The molecule has 0 aliphatic heterocycles. The van der Waals surface area contributed by atoms with Crippen molar-refractivity contribution in [1.82, 2.24) is 10.3 Å². The van der Waals surface area contributed by atoms with Crippen LogP contribution in [0, 0.1) is 12.7 Å². The minimum atomic E-state index is -0.427. The number of ether oxygens (including phenoxy) is 1. The molecule has 0 radical (unpaired) electrons. The molecule has 0 aliphatic rings. The molecule has 0 bridgehead atoms. The maximum Gasteiger partial charge on any atom is 0.269 e. The minimum absolute atomic E-state index is 0.252. The number of benzene rings is 2. The number of hydrogen-bond donors (Lipinski definition) is 3. The highest BCUT2D eigenvalue weighted by Crippen LogP contribution is 2.29. The van der Waals surface area contributed by atoms with Crippen molar-refractivity contribution in [3.8, 4) is 0 Å². The Kier molecular flexibility index (Phi) is 5.52. The van der Waals surface area contributed by atoms with Crippen LogP contribution in [0.1, 0.15) is 26.4 Å². The van der Waals surface area contributed by atoms with E-state index in [0.717, 1.165) is 16.5 Å². The molecule has 0 spiro atoms. The van der Waals surface area contributed by atoms with Crippen molar-refractivity contribution >= 4 is 28.4 Å². The third-order valence-corrected chi connectivity index (χ3v) is 4.12. The molecular weight excluding hydrogens is 349 g/mol. The lowest BCUT2D eigenvalue weighted by molar-refractivity contribution is 0.0934. The van der Waals surface area contributed by atoms with Crippen molar-refractivity contribution < 1.29 is 18.7 Å². The predicted octanol–water partition coefficient (Wildman–Crippen LogP) is 3.24. The molecule has 3 aromatic rings. The third-order valence-electron chi connectivity index (χ3n) is 4.12. The number of fused-ring (bicyclic) bond motifs is 1. The number of hydrogen-bond acceptors (Lipinski definition) is 3. The zero-order valence-electron chi connectivity index (χ0n) is 15.1. The Balaban J connectivity index is 1.96. The molecule has 140 valence electrons. The van der Waals surface area contributed by atoms with Crippen LogP contribution >= 0.6 is 0 Å². The highest BCUT2D eigenvalue weighted by molar-refractivity contribution is 6.15. The Labute approximate surface area is 155 Å². The summed E-state index contributed by atoms with van der Waals surface area (Å²) in [6.45, 7) is 2.65. The number of methoxy groups -OCH3 is 1. The molecule has 1 heterocycles. The van der Waals surface area contributed by atoms with Crippen LogP contribution in [0.5, 0.6) is 0 Å². The first-order chi connectivity index (χ1) is 13.0. The number of carbonyl (C=O) groups excluding carboxylic acids is 2. The molecule has 3 rings (SSSR count). The van der Waals surface area contributed by atoms with Crippen LogP contribution < -0.4 is 10.6 Å².